The minimum atomic E-state index is -1.71. The molecule has 23 nitrogen and oxygen atoms in total. The van der Waals surface area contributed by atoms with E-state index in [9.17, 15) is 50.4 Å². The summed E-state index contributed by atoms with van der Waals surface area (Å²) < 4.78 is 80.7. The van der Waals surface area contributed by atoms with Crippen molar-refractivity contribution in [3.05, 3.63) is 53.6 Å². The van der Waals surface area contributed by atoms with Crippen LogP contribution < -0.4 is 0 Å². The molecule has 85 heavy (non-hydrogen) atoms. The first-order chi connectivity index (χ1) is 40.3. The maximum absolute atomic E-state index is 13.6. The van der Waals surface area contributed by atoms with E-state index in [4.69, 9.17) is 61.6 Å². The van der Waals surface area contributed by atoms with Gasteiger partial charge in [0.25, 0.3) is 0 Å². The molecule has 23 heteroatoms. The molecular weight excluding hydrogens is 1110 g/mol. The number of methoxy groups -OCH3 is 2. The Morgan fingerprint density at radius 2 is 1.20 bits per heavy atom. The molecule has 5 saturated heterocycles. The summed E-state index contributed by atoms with van der Waals surface area (Å²) in [5.74, 6) is -1.78. The maximum Gasteiger partial charge on any atom is 0.331 e. The Labute approximate surface area is 497 Å². The number of ketones is 1. The first-order valence-electron chi connectivity index (χ1n) is 30.6. The Morgan fingerprint density at radius 1 is 0.659 bits per heavy atom. The van der Waals surface area contributed by atoms with Crippen LogP contribution in [0.5, 0.6) is 0 Å². The highest BCUT2D eigenvalue weighted by Crippen LogP contribution is 2.70. The Morgan fingerprint density at radius 3 is 1.75 bits per heavy atom. The second-order valence-electron chi connectivity index (χ2n) is 25.9. The van der Waals surface area contributed by atoms with Gasteiger partial charge < -0.3 is 102 Å². The second kappa shape index (κ2) is 26.1. The van der Waals surface area contributed by atoms with Gasteiger partial charge in [0.2, 0.25) is 0 Å². The first kappa shape index (κ1) is 65.0. The SMILES string of the molecule is CO[C@H]1C[C@H](O[C@H]2CC[C@@]3(C)C(=CC[C@]4(O)[C@@H]3C[C@@H](OC(=O)/C=C/c3ccccc3)[C@]3(C)[C@H](C(C)=O)CC[C@@]34O)C2)O[C@H](C)[C@H]1O[C@H]1C[C@H](O)[C@H](O[C@H]2C[C@H](O)[C@H](O[C@H]3C[C@@H](OC)[C@H](O[C@@H]4O[C@H](CO)[C@@H](O)[C@H](O)[C@H]4O)[C@@H](C)O3)[C@@H](C)O2)[C@@H](C)O1. The topological polar surface area (TPSA) is 316 Å². The number of benzene rings is 1. The molecule has 1 aromatic rings. The van der Waals surface area contributed by atoms with Crippen LogP contribution in [-0.4, -0.2) is 226 Å². The zero-order valence-corrected chi connectivity index (χ0v) is 50.2. The van der Waals surface area contributed by atoms with E-state index in [2.05, 4.69) is 13.0 Å². The number of carbonyl (C=O) groups excluding carboxylic acids is 2. The van der Waals surface area contributed by atoms with Crippen LogP contribution in [0.15, 0.2) is 48.1 Å². The molecule has 9 aliphatic rings. The summed E-state index contributed by atoms with van der Waals surface area (Å²) in [5, 5.41) is 89.7. The summed E-state index contributed by atoms with van der Waals surface area (Å²) in [7, 11) is 3.07. The predicted molar refractivity (Wildman–Crippen MR) is 297 cm³/mol. The van der Waals surface area contributed by atoms with E-state index in [1.807, 2.05) is 44.2 Å². The summed E-state index contributed by atoms with van der Waals surface area (Å²) >= 11 is 0. The lowest BCUT2D eigenvalue weighted by Gasteiger charge is -2.66. The van der Waals surface area contributed by atoms with Crippen molar-refractivity contribution in [2.45, 2.75) is 272 Å². The summed E-state index contributed by atoms with van der Waals surface area (Å²) in [6.45, 7) is 11.9. The lowest BCUT2D eigenvalue weighted by atomic mass is 9.43. The summed E-state index contributed by atoms with van der Waals surface area (Å²) in [6, 6.07) is 9.40. The highest BCUT2D eigenvalue weighted by molar-refractivity contribution is 5.87. The Bertz CT molecular complexity index is 2480. The predicted octanol–water partition coefficient (Wildman–Crippen LogP) is 2.64. The van der Waals surface area contributed by atoms with E-state index in [1.165, 1.54) is 20.1 Å². The van der Waals surface area contributed by atoms with Gasteiger partial charge in [0.05, 0.1) is 61.5 Å². The van der Waals surface area contributed by atoms with Gasteiger partial charge in [-0.15, -0.1) is 0 Å². The fourth-order valence-electron chi connectivity index (χ4n) is 16.2. The van der Waals surface area contributed by atoms with Crippen molar-refractivity contribution in [1.82, 2.24) is 0 Å². The fraction of sp³-hybridized carbons (Fsp3) is 0.806. The van der Waals surface area contributed by atoms with Crippen molar-refractivity contribution in [2.24, 2.45) is 22.7 Å². The molecule has 0 spiro atoms. The van der Waals surface area contributed by atoms with Crippen LogP contribution in [0.3, 0.4) is 0 Å². The molecule has 0 aromatic heterocycles. The van der Waals surface area contributed by atoms with Gasteiger partial charge in [-0.3, -0.25) is 4.79 Å². The normalized spacial score (nSPS) is 49.3. The molecule has 4 aliphatic carbocycles. The van der Waals surface area contributed by atoms with Crippen LogP contribution in [0, 0.1) is 22.7 Å². The zero-order chi connectivity index (χ0) is 61.1. The quantitative estimate of drug-likeness (QED) is 0.0631. The number of hydrogen-bond acceptors (Lipinski definition) is 23. The molecule has 0 radical (unpaired) electrons. The molecule has 10 rings (SSSR count). The molecule has 8 fully saturated rings. The molecule has 8 N–H and O–H groups in total. The average Bonchev–Trinajstić information content (AvgIpc) is 1.65. The van der Waals surface area contributed by atoms with Crippen molar-refractivity contribution in [2.75, 3.05) is 20.8 Å². The molecule has 0 unspecified atom stereocenters. The summed E-state index contributed by atoms with van der Waals surface area (Å²) in [5.41, 5.74) is -3.18. The van der Waals surface area contributed by atoms with Gasteiger partial charge in [-0.1, -0.05) is 55.8 Å². The number of fused-ring (bicyclic) bond motifs is 5. The van der Waals surface area contributed by atoms with Gasteiger partial charge in [0, 0.05) is 63.2 Å². The third-order valence-corrected chi connectivity index (χ3v) is 20.9. The molecule has 478 valence electrons. The molecule has 0 bridgehead atoms. The Kier molecular flexibility index (Phi) is 20.0. The molecular formula is C62H92O23. The van der Waals surface area contributed by atoms with Crippen LogP contribution in [-0.2, 0) is 71.2 Å². The number of hydrogen-bond donors (Lipinski definition) is 8. The molecule has 5 heterocycles. The van der Waals surface area contributed by atoms with Crippen molar-refractivity contribution >= 4 is 17.8 Å². The minimum Gasteiger partial charge on any atom is -0.458 e. The van der Waals surface area contributed by atoms with Crippen LogP contribution >= 0.6 is 0 Å². The van der Waals surface area contributed by atoms with Crippen molar-refractivity contribution in [1.29, 1.82) is 0 Å². The third kappa shape index (κ3) is 12.4. The van der Waals surface area contributed by atoms with E-state index in [1.54, 1.807) is 34.0 Å². The van der Waals surface area contributed by atoms with Crippen LogP contribution in [0.1, 0.15) is 125 Å². The first-order valence-corrected chi connectivity index (χ1v) is 30.6. The number of ether oxygens (including phenoxy) is 13. The van der Waals surface area contributed by atoms with Gasteiger partial charge in [-0.05, 0) is 96.6 Å². The van der Waals surface area contributed by atoms with E-state index in [-0.39, 0.29) is 50.4 Å². The van der Waals surface area contributed by atoms with Crippen molar-refractivity contribution in [3.63, 3.8) is 0 Å². The number of rotatable bonds is 17. The van der Waals surface area contributed by atoms with Gasteiger partial charge in [-0.25, -0.2) is 4.79 Å². The Balaban J connectivity index is 0.703. The second-order valence-corrected chi connectivity index (χ2v) is 25.9. The monoisotopic (exact) mass is 1200 g/mol. The van der Waals surface area contributed by atoms with Crippen LogP contribution in [0.25, 0.3) is 6.08 Å². The highest BCUT2D eigenvalue weighted by Gasteiger charge is 2.77. The lowest BCUT2D eigenvalue weighted by molar-refractivity contribution is -0.357. The van der Waals surface area contributed by atoms with Crippen LogP contribution in [0.2, 0.25) is 0 Å². The van der Waals surface area contributed by atoms with E-state index < -0.39 is 182 Å². The molecule has 3 saturated carbocycles. The summed E-state index contributed by atoms with van der Waals surface area (Å²) in [6.07, 6.45) is -12.2. The molecule has 5 aliphatic heterocycles. The summed E-state index contributed by atoms with van der Waals surface area (Å²) in [4.78, 5) is 26.9. The van der Waals surface area contributed by atoms with E-state index in [0.29, 0.717) is 32.1 Å². The number of carbonyl (C=O) groups is 2. The van der Waals surface area contributed by atoms with Gasteiger partial charge in [0.15, 0.2) is 31.5 Å². The van der Waals surface area contributed by atoms with Gasteiger partial charge >= 0.3 is 5.97 Å². The third-order valence-electron chi connectivity index (χ3n) is 20.9. The van der Waals surface area contributed by atoms with Crippen LogP contribution in [0.4, 0.5) is 0 Å². The maximum atomic E-state index is 13.6. The smallest absolute Gasteiger partial charge is 0.331 e. The van der Waals surface area contributed by atoms with Crippen molar-refractivity contribution < 1.29 is 112 Å². The zero-order valence-electron chi connectivity index (χ0n) is 50.2. The number of Topliss-reactive ketones (excluding diaryl/α,β-unsaturated/α-hetero) is 1. The minimum absolute atomic E-state index is 0.00183. The lowest BCUT2D eigenvalue weighted by Crippen LogP contribution is -2.75. The molecule has 29 atom stereocenters. The number of esters is 1. The van der Waals surface area contributed by atoms with Gasteiger partial charge in [-0.2, -0.15) is 0 Å². The number of aliphatic hydroxyl groups excluding tert-OH is 6. The largest absolute Gasteiger partial charge is 0.458 e. The molecule has 1 aromatic carbocycles. The van der Waals surface area contributed by atoms with Gasteiger partial charge in [0.1, 0.15) is 71.9 Å². The molecule has 0 amide bonds. The standard InChI is InChI=1S/C62H92O23/c1-30(64)38-19-22-62(72)60(38,7)45(81-46(67)16-15-35-13-11-10-12-14-35)28-44-59(6)20-18-37(23-36(59)17-21-61(44,62)71)79-49-26-41(73-8)56(33(4)77-49)84-48-25-40(66)54(31(2)76-48)82-47-24-39(65)55(32(3)75-47)83-50-27-42(74-9)57(34(5)78-50)85-58-53(70)52(69)51(68)43(29-63)80-58/h10-17,31-34,37-45,47-58,63,65-66,68-72H,18-29H2,1-9H3/b16-15+/t31-,32-,33-,34-,37+,38+,39+,40+,41+,42-,43-,44-,45-,47+,48+,49+,50+,51-,52+,53-,54-,55-,56-,57-,58+,59+,60+,61+,62-/m1/s1. The van der Waals surface area contributed by atoms with Crippen molar-refractivity contribution in [3.8, 4) is 0 Å². The Hall–Kier alpha value is -2.96. The van der Waals surface area contributed by atoms with E-state index in [0.717, 1.165) is 11.1 Å². The van der Waals surface area contributed by atoms with E-state index >= 15 is 0 Å². The number of aliphatic hydroxyl groups is 8. The highest BCUT2D eigenvalue weighted by atomic mass is 16.8. The average molecular weight is 1210 g/mol. The fourth-order valence-corrected chi connectivity index (χ4v) is 16.2.